The minimum atomic E-state index is -4.47. The zero-order valence-corrected chi connectivity index (χ0v) is 14.7. The average Bonchev–Trinajstić information content (AvgIpc) is 2.95. The van der Waals surface area contributed by atoms with E-state index in [9.17, 15) is 23.1 Å². The van der Waals surface area contributed by atoms with E-state index in [4.69, 9.17) is 4.74 Å². The monoisotopic (exact) mass is 394 g/mol. The lowest BCUT2D eigenvalue weighted by Gasteiger charge is -2.06. The normalized spacial score (nSPS) is 17.4. The van der Waals surface area contributed by atoms with Gasteiger partial charge in [-0.05, 0) is 53.7 Å². The number of halogens is 3. The molecule has 140 valence electrons. The fourth-order valence-electron chi connectivity index (χ4n) is 2.28. The molecule has 0 bridgehead atoms. The smallest absolute Gasteiger partial charge is 0.416 e. The summed E-state index contributed by atoms with van der Waals surface area (Å²) in [6.07, 6.45) is -2.90. The molecule has 0 atom stereocenters. The topological polar surface area (TPSA) is 70.9 Å². The molecule has 1 aliphatic rings. The predicted molar refractivity (Wildman–Crippen MR) is 96.9 cm³/mol. The molecule has 0 aliphatic carbocycles. The third-order valence-corrected chi connectivity index (χ3v) is 4.47. The van der Waals surface area contributed by atoms with Crippen LogP contribution >= 0.6 is 11.8 Å². The first-order valence-corrected chi connectivity index (χ1v) is 8.42. The Morgan fingerprint density at radius 3 is 2.70 bits per heavy atom. The van der Waals surface area contributed by atoms with Gasteiger partial charge in [-0.1, -0.05) is 12.1 Å². The van der Waals surface area contributed by atoms with Crippen LogP contribution in [0.2, 0.25) is 0 Å². The van der Waals surface area contributed by atoms with E-state index in [1.807, 2.05) is 0 Å². The average molecular weight is 394 g/mol. The number of hydrogen-bond acceptors (Lipinski definition) is 5. The Bertz CT molecular complexity index is 955. The van der Waals surface area contributed by atoms with Gasteiger partial charge in [-0.25, -0.2) is 4.99 Å². The molecule has 9 heteroatoms. The van der Waals surface area contributed by atoms with Crippen LogP contribution in [-0.2, 0) is 11.0 Å². The molecule has 5 nitrogen and oxygen atoms in total. The molecule has 3 rings (SSSR count). The van der Waals surface area contributed by atoms with Crippen LogP contribution in [0.3, 0.4) is 0 Å². The van der Waals surface area contributed by atoms with Gasteiger partial charge in [-0.2, -0.15) is 13.2 Å². The molecule has 0 aromatic heterocycles. The highest BCUT2D eigenvalue weighted by atomic mass is 32.2. The maximum Gasteiger partial charge on any atom is 0.416 e. The van der Waals surface area contributed by atoms with Crippen molar-refractivity contribution in [2.24, 2.45) is 4.99 Å². The SMILES string of the molecule is COc1cc(/C=C2\SC(=Nc3cccc(C(F)(F)F)c3)NC2=O)ccc1O. The predicted octanol–water partition coefficient (Wildman–Crippen LogP) is 4.31. The first-order valence-electron chi connectivity index (χ1n) is 7.60. The fraction of sp³-hybridized carbons (Fsp3) is 0.111. The summed E-state index contributed by atoms with van der Waals surface area (Å²) in [5.41, 5.74) is -0.117. The minimum Gasteiger partial charge on any atom is -0.504 e. The van der Waals surface area contributed by atoms with E-state index < -0.39 is 17.6 Å². The van der Waals surface area contributed by atoms with Crippen LogP contribution in [0.15, 0.2) is 52.4 Å². The maximum atomic E-state index is 12.8. The van der Waals surface area contributed by atoms with Crippen molar-refractivity contribution in [1.29, 1.82) is 0 Å². The van der Waals surface area contributed by atoms with E-state index >= 15 is 0 Å². The summed E-state index contributed by atoms with van der Waals surface area (Å²) < 4.78 is 43.3. The van der Waals surface area contributed by atoms with Crippen molar-refractivity contribution < 1.29 is 27.8 Å². The molecule has 2 aromatic carbocycles. The molecule has 0 unspecified atom stereocenters. The van der Waals surface area contributed by atoms with Crippen LogP contribution in [0.5, 0.6) is 11.5 Å². The fourth-order valence-corrected chi connectivity index (χ4v) is 3.13. The number of amidine groups is 1. The summed E-state index contributed by atoms with van der Waals surface area (Å²) in [6, 6.07) is 9.11. The highest BCUT2D eigenvalue weighted by molar-refractivity contribution is 8.18. The number of aromatic hydroxyl groups is 1. The number of amides is 1. The van der Waals surface area contributed by atoms with Gasteiger partial charge < -0.3 is 15.2 Å². The van der Waals surface area contributed by atoms with Crippen molar-refractivity contribution in [3.8, 4) is 11.5 Å². The lowest BCUT2D eigenvalue weighted by atomic mass is 10.2. The van der Waals surface area contributed by atoms with Crippen LogP contribution in [-0.4, -0.2) is 23.3 Å². The Morgan fingerprint density at radius 2 is 2.00 bits per heavy atom. The van der Waals surface area contributed by atoms with Gasteiger partial charge in [0.15, 0.2) is 16.7 Å². The molecule has 1 saturated heterocycles. The van der Waals surface area contributed by atoms with Gasteiger partial charge in [0, 0.05) is 0 Å². The second kappa shape index (κ2) is 7.36. The summed E-state index contributed by atoms with van der Waals surface area (Å²) in [6.45, 7) is 0. The molecule has 1 aliphatic heterocycles. The van der Waals surface area contributed by atoms with Crippen LogP contribution in [0.25, 0.3) is 6.08 Å². The summed E-state index contributed by atoms with van der Waals surface area (Å²) >= 11 is 1.01. The number of carbonyl (C=O) groups excluding carboxylic acids is 1. The Morgan fingerprint density at radius 1 is 1.22 bits per heavy atom. The van der Waals surface area contributed by atoms with Crippen molar-refractivity contribution in [2.45, 2.75) is 6.18 Å². The molecule has 0 spiro atoms. The van der Waals surface area contributed by atoms with Gasteiger partial charge in [-0.15, -0.1) is 0 Å². The number of hydrogen-bond donors (Lipinski definition) is 2. The number of benzene rings is 2. The van der Waals surface area contributed by atoms with Crippen LogP contribution in [0.1, 0.15) is 11.1 Å². The third-order valence-electron chi connectivity index (χ3n) is 3.56. The van der Waals surface area contributed by atoms with Crippen LogP contribution < -0.4 is 10.1 Å². The molecule has 27 heavy (non-hydrogen) atoms. The first-order chi connectivity index (χ1) is 12.8. The van der Waals surface area contributed by atoms with E-state index in [0.29, 0.717) is 10.5 Å². The van der Waals surface area contributed by atoms with Crippen LogP contribution in [0.4, 0.5) is 18.9 Å². The number of methoxy groups -OCH3 is 1. The van der Waals surface area contributed by atoms with Gasteiger partial charge in [-0.3, -0.25) is 4.79 Å². The Hall–Kier alpha value is -2.94. The van der Waals surface area contributed by atoms with E-state index in [-0.39, 0.29) is 22.4 Å². The maximum absolute atomic E-state index is 12.8. The first kappa shape index (κ1) is 18.8. The van der Waals surface area contributed by atoms with Crippen molar-refractivity contribution in [1.82, 2.24) is 5.32 Å². The standard InChI is InChI=1S/C18H13F3N2O3S/c1-26-14-7-10(5-6-13(14)24)8-15-16(25)23-17(27-15)22-12-4-2-3-11(9-12)18(19,20)21/h2-9,24H,1H3,(H,22,23,25)/b15-8-. The quantitative estimate of drug-likeness (QED) is 0.761. The van der Waals surface area contributed by atoms with E-state index in [1.165, 1.54) is 25.3 Å². The van der Waals surface area contributed by atoms with Crippen molar-refractivity contribution >= 4 is 34.6 Å². The zero-order valence-electron chi connectivity index (χ0n) is 13.9. The summed E-state index contributed by atoms with van der Waals surface area (Å²) in [5, 5.41) is 12.3. The number of nitrogens with one attached hydrogen (secondary N) is 1. The molecule has 0 saturated carbocycles. The highest BCUT2D eigenvalue weighted by Crippen LogP contribution is 2.34. The summed E-state index contributed by atoms with van der Waals surface area (Å²) in [5.74, 6) is -0.196. The van der Waals surface area contributed by atoms with Crippen LogP contribution in [0, 0.1) is 0 Å². The Balaban J connectivity index is 1.84. The Kier molecular flexibility index (Phi) is 5.13. The van der Waals surface area contributed by atoms with Gasteiger partial charge in [0.05, 0.1) is 23.3 Å². The van der Waals surface area contributed by atoms with E-state index in [0.717, 1.165) is 23.9 Å². The number of aliphatic imine (C=N–C) groups is 1. The molecule has 2 aromatic rings. The lowest BCUT2D eigenvalue weighted by molar-refractivity contribution is -0.137. The molecular formula is C18H13F3N2O3S. The molecule has 1 fully saturated rings. The van der Waals surface area contributed by atoms with E-state index in [2.05, 4.69) is 10.3 Å². The number of rotatable bonds is 3. The number of nitrogens with zero attached hydrogens (tertiary/aromatic N) is 1. The zero-order chi connectivity index (χ0) is 19.6. The molecular weight excluding hydrogens is 381 g/mol. The van der Waals surface area contributed by atoms with Crippen molar-refractivity contribution in [3.63, 3.8) is 0 Å². The number of carbonyl (C=O) groups is 1. The van der Waals surface area contributed by atoms with Gasteiger partial charge in [0.25, 0.3) is 5.91 Å². The lowest BCUT2D eigenvalue weighted by Crippen LogP contribution is -2.19. The third kappa shape index (κ3) is 4.43. The van der Waals surface area contributed by atoms with E-state index in [1.54, 1.807) is 18.2 Å². The number of phenolic OH excluding ortho intramolecular Hbond substituents is 1. The highest BCUT2D eigenvalue weighted by Gasteiger charge is 2.30. The van der Waals surface area contributed by atoms with Crippen molar-refractivity contribution in [2.75, 3.05) is 7.11 Å². The molecule has 1 heterocycles. The molecule has 2 N–H and O–H groups in total. The van der Waals surface area contributed by atoms with Gasteiger partial charge in [0.2, 0.25) is 0 Å². The number of alkyl halides is 3. The van der Waals surface area contributed by atoms with Gasteiger partial charge in [0.1, 0.15) is 0 Å². The number of phenols is 1. The van der Waals surface area contributed by atoms with Gasteiger partial charge >= 0.3 is 6.18 Å². The second-order valence-electron chi connectivity index (χ2n) is 5.46. The number of ether oxygens (including phenoxy) is 1. The molecule has 0 radical (unpaired) electrons. The molecule has 1 amide bonds. The Labute approximate surface area is 156 Å². The largest absolute Gasteiger partial charge is 0.504 e. The second-order valence-corrected chi connectivity index (χ2v) is 6.49. The summed E-state index contributed by atoms with van der Waals surface area (Å²) in [4.78, 5) is 16.5. The minimum absolute atomic E-state index is 0.0324. The summed E-state index contributed by atoms with van der Waals surface area (Å²) in [7, 11) is 1.41. The number of thioether (sulfide) groups is 1. The van der Waals surface area contributed by atoms with Crippen molar-refractivity contribution in [3.05, 3.63) is 58.5 Å².